The Morgan fingerprint density at radius 3 is 2.73 bits per heavy atom. The molecule has 3 heteroatoms. The molecule has 0 saturated heterocycles. The molecule has 30 heavy (non-hydrogen) atoms. The number of Topliss-reactive ketones (excluding diaryl/α,β-unsaturated/α-hetero) is 1. The summed E-state index contributed by atoms with van der Waals surface area (Å²) in [5.41, 5.74) is 0.882. The van der Waals surface area contributed by atoms with Crippen LogP contribution in [0.15, 0.2) is 24.3 Å². The Kier molecular flexibility index (Phi) is 5.44. The van der Waals surface area contributed by atoms with Crippen molar-refractivity contribution in [2.75, 3.05) is 11.9 Å². The number of hydrogen-bond acceptors (Lipinski definition) is 2. The minimum atomic E-state index is -0.258. The molecule has 2 nitrogen and oxygen atoms in total. The monoisotopic (exact) mass is 411 g/mol. The van der Waals surface area contributed by atoms with E-state index in [1.165, 1.54) is 63.5 Å². The lowest BCUT2D eigenvalue weighted by atomic mass is 9.49. The van der Waals surface area contributed by atoms with Crippen LogP contribution in [0.25, 0.3) is 0 Å². The summed E-state index contributed by atoms with van der Waals surface area (Å²) in [6, 6.07) is 6.44. The standard InChI is InChI=1S/C27H38FNO/c1-17-6-8-21-18(14-17)7-9-23-22(21)12-13-27(2)24(23)10-11-25(27)26(30)16-29-20-5-3-4-19(28)15-20/h3-5,15,17-18,21-25,29H,6-14,16H2,1-2H3. The fourth-order valence-electron chi connectivity index (χ4n) is 8.53. The van der Waals surface area contributed by atoms with E-state index in [0.717, 1.165) is 41.9 Å². The summed E-state index contributed by atoms with van der Waals surface area (Å²) in [4.78, 5) is 13.2. The molecule has 1 aromatic rings. The molecular weight excluding hydrogens is 373 g/mol. The summed E-state index contributed by atoms with van der Waals surface area (Å²) in [7, 11) is 0. The van der Waals surface area contributed by atoms with E-state index in [0.29, 0.717) is 18.0 Å². The van der Waals surface area contributed by atoms with E-state index in [-0.39, 0.29) is 17.2 Å². The first-order chi connectivity index (χ1) is 14.5. The molecule has 8 atom stereocenters. The van der Waals surface area contributed by atoms with Crippen LogP contribution in [-0.2, 0) is 4.79 Å². The van der Waals surface area contributed by atoms with Crippen LogP contribution in [0.3, 0.4) is 0 Å². The lowest BCUT2D eigenvalue weighted by molar-refractivity contribution is -0.128. The number of carbonyl (C=O) groups excluding carboxylic acids is 1. The summed E-state index contributed by atoms with van der Waals surface area (Å²) in [5, 5.41) is 3.18. The second kappa shape index (κ2) is 7.95. The molecule has 8 unspecified atom stereocenters. The first-order valence-electron chi connectivity index (χ1n) is 12.5. The van der Waals surface area contributed by atoms with Crippen molar-refractivity contribution < 1.29 is 9.18 Å². The van der Waals surface area contributed by atoms with Crippen LogP contribution in [0.5, 0.6) is 0 Å². The van der Waals surface area contributed by atoms with Crippen molar-refractivity contribution in [3.63, 3.8) is 0 Å². The summed E-state index contributed by atoms with van der Waals surface area (Å²) in [5.74, 6) is 5.64. The van der Waals surface area contributed by atoms with Gasteiger partial charge in [-0.05, 0) is 110 Å². The Morgan fingerprint density at radius 2 is 1.90 bits per heavy atom. The predicted octanol–water partition coefficient (Wildman–Crippen LogP) is 6.71. The maximum atomic E-state index is 13.4. The molecule has 4 aliphatic rings. The normalized spacial score (nSPS) is 42.7. The Balaban J connectivity index is 1.26. The smallest absolute Gasteiger partial charge is 0.155 e. The highest BCUT2D eigenvalue weighted by molar-refractivity contribution is 5.86. The highest BCUT2D eigenvalue weighted by atomic mass is 19.1. The highest BCUT2D eigenvalue weighted by Gasteiger charge is 2.58. The van der Waals surface area contributed by atoms with Crippen LogP contribution >= 0.6 is 0 Å². The van der Waals surface area contributed by atoms with E-state index in [1.54, 1.807) is 6.07 Å². The molecule has 5 rings (SSSR count). The molecule has 0 spiro atoms. The molecule has 0 aliphatic heterocycles. The second-order valence-corrected chi connectivity index (χ2v) is 11.4. The van der Waals surface area contributed by atoms with Gasteiger partial charge < -0.3 is 5.32 Å². The molecule has 4 fully saturated rings. The zero-order chi connectivity index (χ0) is 20.9. The number of fused-ring (bicyclic) bond motifs is 5. The second-order valence-electron chi connectivity index (χ2n) is 11.4. The van der Waals surface area contributed by atoms with Gasteiger partial charge in [0.05, 0.1) is 6.54 Å². The lowest BCUT2D eigenvalue weighted by Gasteiger charge is -2.56. The molecule has 0 amide bonds. The van der Waals surface area contributed by atoms with Crippen molar-refractivity contribution in [2.45, 2.75) is 71.6 Å². The van der Waals surface area contributed by atoms with Gasteiger partial charge in [0.1, 0.15) is 5.82 Å². The minimum absolute atomic E-state index is 0.175. The molecule has 1 aromatic carbocycles. The molecule has 0 bridgehead atoms. The van der Waals surface area contributed by atoms with E-state index in [9.17, 15) is 9.18 Å². The quantitative estimate of drug-likeness (QED) is 0.596. The van der Waals surface area contributed by atoms with Crippen LogP contribution in [0.4, 0.5) is 10.1 Å². The van der Waals surface area contributed by atoms with Gasteiger partial charge in [-0.3, -0.25) is 4.79 Å². The van der Waals surface area contributed by atoms with Crippen molar-refractivity contribution in [1.82, 2.24) is 0 Å². The van der Waals surface area contributed by atoms with Gasteiger partial charge in [0.25, 0.3) is 0 Å². The van der Waals surface area contributed by atoms with Gasteiger partial charge in [-0.25, -0.2) is 4.39 Å². The molecule has 164 valence electrons. The molecule has 4 saturated carbocycles. The van der Waals surface area contributed by atoms with Crippen molar-refractivity contribution in [3.05, 3.63) is 30.1 Å². The predicted molar refractivity (Wildman–Crippen MR) is 120 cm³/mol. The molecule has 0 heterocycles. The topological polar surface area (TPSA) is 29.1 Å². The first-order valence-corrected chi connectivity index (χ1v) is 12.5. The third-order valence-electron chi connectivity index (χ3n) is 9.90. The van der Waals surface area contributed by atoms with E-state index >= 15 is 0 Å². The zero-order valence-corrected chi connectivity index (χ0v) is 18.7. The van der Waals surface area contributed by atoms with Crippen molar-refractivity contribution in [2.24, 2.45) is 46.8 Å². The summed E-state index contributed by atoms with van der Waals surface area (Å²) in [6.45, 7) is 5.21. The highest BCUT2D eigenvalue weighted by Crippen LogP contribution is 2.64. The molecule has 0 radical (unpaired) electrons. The van der Waals surface area contributed by atoms with E-state index < -0.39 is 0 Å². The number of anilines is 1. The largest absolute Gasteiger partial charge is 0.378 e. The van der Waals surface area contributed by atoms with E-state index in [2.05, 4.69) is 19.2 Å². The first kappa shape index (κ1) is 20.5. The van der Waals surface area contributed by atoms with Gasteiger partial charge in [0.15, 0.2) is 5.78 Å². The third-order valence-corrected chi connectivity index (χ3v) is 9.90. The average molecular weight is 412 g/mol. The minimum Gasteiger partial charge on any atom is -0.378 e. The van der Waals surface area contributed by atoms with Gasteiger partial charge in [-0.15, -0.1) is 0 Å². The van der Waals surface area contributed by atoms with Gasteiger partial charge in [-0.2, -0.15) is 0 Å². The van der Waals surface area contributed by atoms with Crippen LogP contribution in [-0.4, -0.2) is 12.3 Å². The fourth-order valence-corrected chi connectivity index (χ4v) is 8.53. The van der Waals surface area contributed by atoms with Crippen molar-refractivity contribution in [3.8, 4) is 0 Å². The van der Waals surface area contributed by atoms with Crippen molar-refractivity contribution >= 4 is 11.5 Å². The van der Waals surface area contributed by atoms with Gasteiger partial charge in [0, 0.05) is 11.6 Å². The number of halogens is 1. The summed E-state index contributed by atoms with van der Waals surface area (Å²) in [6.07, 6.45) is 12.0. The summed E-state index contributed by atoms with van der Waals surface area (Å²) >= 11 is 0. The number of nitrogens with one attached hydrogen (secondary N) is 1. The fraction of sp³-hybridized carbons (Fsp3) is 0.741. The number of carbonyl (C=O) groups is 1. The maximum Gasteiger partial charge on any atom is 0.155 e. The molecule has 0 aromatic heterocycles. The summed E-state index contributed by atoms with van der Waals surface area (Å²) < 4.78 is 13.4. The Bertz CT molecular complexity index is 793. The number of benzene rings is 1. The Hall–Kier alpha value is -1.38. The molecular formula is C27H38FNO. The van der Waals surface area contributed by atoms with Crippen LogP contribution in [0.1, 0.15) is 71.6 Å². The average Bonchev–Trinajstić information content (AvgIpc) is 3.09. The van der Waals surface area contributed by atoms with Crippen LogP contribution < -0.4 is 5.32 Å². The maximum absolute atomic E-state index is 13.4. The lowest BCUT2D eigenvalue weighted by Crippen LogP contribution is -2.49. The van der Waals surface area contributed by atoms with Crippen LogP contribution in [0.2, 0.25) is 0 Å². The Morgan fingerprint density at radius 1 is 1.07 bits per heavy atom. The number of rotatable bonds is 4. The van der Waals surface area contributed by atoms with Gasteiger partial charge in [0.2, 0.25) is 0 Å². The van der Waals surface area contributed by atoms with E-state index in [4.69, 9.17) is 0 Å². The molecule has 1 N–H and O–H groups in total. The van der Waals surface area contributed by atoms with Gasteiger partial charge >= 0.3 is 0 Å². The van der Waals surface area contributed by atoms with Crippen LogP contribution in [0, 0.1) is 52.7 Å². The van der Waals surface area contributed by atoms with Gasteiger partial charge in [-0.1, -0.05) is 26.3 Å². The third kappa shape index (κ3) is 3.50. The SMILES string of the molecule is CC1CCC2C(CCC3C2CCC2(C)C(C(=O)CNc4cccc(F)c4)CCC32)C1. The number of hydrogen-bond donors (Lipinski definition) is 1. The number of ketones is 1. The molecule has 4 aliphatic carbocycles. The van der Waals surface area contributed by atoms with E-state index in [1.807, 2.05) is 6.07 Å². The Labute approximate surface area is 181 Å². The van der Waals surface area contributed by atoms with Crippen molar-refractivity contribution in [1.29, 1.82) is 0 Å². The zero-order valence-electron chi connectivity index (χ0n) is 18.7.